The van der Waals surface area contributed by atoms with E-state index in [0.717, 1.165) is 31.7 Å². The number of benzene rings is 1. The minimum Gasteiger partial charge on any atom is -0.398 e. The van der Waals surface area contributed by atoms with Crippen LogP contribution in [0.3, 0.4) is 0 Å². The maximum atomic E-state index is 5.92. The molecule has 1 aromatic carbocycles. The Morgan fingerprint density at radius 1 is 1.41 bits per heavy atom. The normalized spacial score (nSPS) is 23.5. The molecule has 0 aliphatic carbocycles. The molecule has 1 heterocycles. The number of para-hydroxylation sites is 1. The van der Waals surface area contributed by atoms with E-state index in [-0.39, 0.29) is 5.60 Å². The van der Waals surface area contributed by atoms with E-state index in [1.54, 1.807) is 0 Å². The number of nitrogens with two attached hydrogens (primary N) is 1. The van der Waals surface area contributed by atoms with Crippen LogP contribution in [0.4, 0.5) is 5.69 Å². The Bertz CT molecular complexity index is 376. The molecule has 1 unspecified atom stereocenters. The third-order valence-electron chi connectivity index (χ3n) is 3.33. The van der Waals surface area contributed by atoms with Gasteiger partial charge >= 0.3 is 0 Å². The zero-order valence-electron chi connectivity index (χ0n) is 10.7. The summed E-state index contributed by atoms with van der Waals surface area (Å²) in [7, 11) is 0. The van der Waals surface area contributed by atoms with Crippen LogP contribution in [-0.4, -0.2) is 18.2 Å². The van der Waals surface area contributed by atoms with Crippen molar-refractivity contribution in [3.63, 3.8) is 0 Å². The van der Waals surface area contributed by atoms with Gasteiger partial charge in [0.15, 0.2) is 0 Å². The Morgan fingerprint density at radius 3 is 2.88 bits per heavy atom. The summed E-state index contributed by atoms with van der Waals surface area (Å²) in [5.41, 5.74) is 7.97. The fourth-order valence-corrected chi connectivity index (χ4v) is 2.36. The predicted octanol–water partition coefficient (Wildman–Crippen LogP) is 2.32. The number of anilines is 1. The summed E-state index contributed by atoms with van der Waals surface area (Å²) in [6.45, 7) is 5.98. The average Bonchev–Trinajstić information content (AvgIpc) is 2.27. The summed E-state index contributed by atoms with van der Waals surface area (Å²) in [5.74, 6) is 0. The first-order chi connectivity index (χ1) is 8.07. The summed E-state index contributed by atoms with van der Waals surface area (Å²) in [6, 6.07) is 8.55. The second-order valence-electron chi connectivity index (χ2n) is 5.38. The lowest BCUT2D eigenvalue weighted by molar-refractivity contribution is -0.0630. The highest BCUT2D eigenvalue weighted by Gasteiger charge is 2.28. The fraction of sp³-hybridized carbons (Fsp3) is 0.571. The smallest absolute Gasteiger partial charge is 0.0641 e. The molecule has 1 saturated heterocycles. The van der Waals surface area contributed by atoms with Crippen molar-refractivity contribution in [3.8, 4) is 0 Å². The Kier molecular flexibility index (Phi) is 3.69. The summed E-state index contributed by atoms with van der Waals surface area (Å²) >= 11 is 0. The predicted molar refractivity (Wildman–Crippen MR) is 70.7 cm³/mol. The van der Waals surface area contributed by atoms with Gasteiger partial charge in [-0.05, 0) is 38.3 Å². The molecule has 1 atom stereocenters. The first-order valence-electron chi connectivity index (χ1n) is 6.27. The van der Waals surface area contributed by atoms with Crippen molar-refractivity contribution in [3.05, 3.63) is 29.8 Å². The van der Waals surface area contributed by atoms with Crippen molar-refractivity contribution in [2.45, 2.75) is 44.9 Å². The van der Waals surface area contributed by atoms with Crippen molar-refractivity contribution in [1.29, 1.82) is 0 Å². The fourth-order valence-electron chi connectivity index (χ4n) is 2.36. The van der Waals surface area contributed by atoms with Crippen molar-refractivity contribution in [2.24, 2.45) is 0 Å². The van der Waals surface area contributed by atoms with Gasteiger partial charge in [0.25, 0.3) is 0 Å². The Morgan fingerprint density at radius 2 is 2.18 bits per heavy atom. The van der Waals surface area contributed by atoms with Crippen LogP contribution in [0, 0.1) is 0 Å². The van der Waals surface area contributed by atoms with Crippen LogP contribution in [0.5, 0.6) is 0 Å². The number of hydrogen-bond donors (Lipinski definition) is 2. The molecule has 3 heteroatoms. The van der Waals surface area contributed by atoms with E-state index >= 15 is 0 Å². The van der Waals surface area contributed by atoms with Gasteiger partial charge in [0.2, 0.25) is 0 Å². The summed E-state index contributed by atoms with van der Waals surface area (Å²) in [4.78, 5) is 0. The third-order valence-corrected chi connectivity index (χ3v) is 3.33. The van der Waals surface area contributed by atoms with E-state index in [2.05, 4.69) is 25.2 Å². The zero-order valence-corrected chi connectivity index (χ0v) is 10.7. The lowest BCUT2D eigenvalue weighted by Crippen LogP contribution is -2.43. The molecule has 1 aliphatic heterocycles. The molecular weight excluding hydrogens is 212 g/mol. The monoisotopic (exact) mass is 234 g/mol. The van der Waals surface area contributed by atoms with E-state index in [9.17, 15) is 0 Å². The maximum Gasteiger partial charge on any atom is 0.0641 e. The largest absolute Gasteiger partial charge is 0.398 e. The highest BCUT2D eigenvalue weighted by Crippen LogP contribution is 2.24. The Hall–Kier alpha value is -1.06. The number of hydrogen-bond acceptors (Lipinski definition) is 3. The number of rotatable bonds is 3. The summed E-state index contributed by atoms with van der Waals surface area (Å²) in [6.07, 6.45) is 2.13. The molecule has 0 saturated carbocycles. The Balaban J connectivity index is 1.88. The minimum absolute atomic E-state index is 0.00184. The topological polar surface area (TPSA) is 47.3 Å². The van der Waals surface area contributed by atoms with Crippen molar-refractivity contribution in [1.82, 2.24) is 5.32 Å². The highest BCUT2D eigenvalue weighted by molar-refractivity contribution is 5.46. The number of nitrogens with one attached hydrogen (secondary N) is 1. The third kappa shape index (κ3) is 3.45. The maximum absolute atomic E-state index is 5.92. The lowest BCUT2D eigenvalue weighted by atomic mass is 9.94. The number of nitrogen functional groups attached to an aromatic ring is 1. The van der Waals surface area contributed by atoms with Crippen LogP contribution in [0.25, 0.3) is 0 Å². The molecule has 3 N–H and O–H groups in total. The van der Waals surface area contributed by atoms with Gasteiger partial charge in [-0.25, -0.2) is 0 Å². The van der Waals surface area contributed by atoms with Gasteiger partial charge in [-0.1, -0.05) is 18.2 Å². The first kappa shape index (κ1) is 12.4. The van der Waals surface area contributed by atoms with Gasteiger partial charge < -0.3 is 15.8 Å². The van der Waals surface area contributed by atoms with Crippen molar-refractivity contribution in [2.75, 3.05) is 12.3 Å². The molecule has 3 nitrogen and oxygen atoms in total. The van der Waals surface area contributed by atoms with Gasteiger partial charge in [-0.2, -0.15) is 0 Å². The van der Waals surface area contributed by atoms with Crippen LogP contribution >= 0.6 is 0 Å². The molecule has 94 valence electrons. The van der Waals surface area contributed by atoms with Gasteiger partial charge in [0.05, 0.1) is 5.60 Å². The van der Waals surface area contributed by atoms with Gasteiger partial charge in [-0.15, -0.1) is 0 Å². The van der Waals surface area contributed by atoms with Crippen molar-refractivity contribution >= 4 is 5.69 Å². The van der Waals surface area contributed by atoms with E-state index in [0.29, 0.717) is 6.04 Å². The van der Waals surface area contributed by atoms with Crippen LogP contribution in [0.2, 0.25) is 0 Å². The van der Waals surface area contributed by atoms with Gasteiger partial charge in [0, 0.05) is 24.9 Å². The molecule has 0 amide bonds. The molecule has 0 bridgehead atoms. The molecule has 1 fully saturated rings. The molecule has 2 rings (SSSR count). The highest BCUT2D eigenvalue weighted by atomic mass is 16.5. The molecule has 0 radical (unpaired) electrons. The van der Waals surface area contributed by atoms with E-state index in [1.807, 2.05) is 18.2 Å². The SMILES string of the molecule is CC1(C)CC(NCc2ccccc2N)CCO1. The quantitative estimate of drug-likeness (QED) is 0.789. The molecular formula is C14H22N2O. The van der Waals surface area contributed by atoms with E-state index < -0.39 is 0 Å². The molecule has 1 aromatic rings. The van der Waals surface area contributed by atoms with Crippen LogP contribution < -0.4 is 11.1 Å². The lowest BCUT2D eigenvalue weighted by Gasteiger charge is -2.36. The molecule has 0 aromatic heterocycles. The molecule has 1 aliphatic rings. The molecule has 0 spiro atoms. The summed E-state index contributed by atoms with van der Waals surface area (Å²) in [5, 5.41) is 3.57. The average molecular weight is 234 g/mol. The van der Waals surface area contributed by atoms with Crippen LogP contribution in [-0.2, 0) is 11.3 Å². The Labute approximate surface area is 103 Å². The van der Waals surface area contributed by atoms with E-state index in [4.69, 9.17) is 10.5 Å². The summed E-state index contributed by atoms with van der Waals surface area (Å²) < 4.78 is 5.71. The van der Waals surface area contributed by atoms with E-state index in [1.165, 1.54) is 5.56 Å². The first-order valence-corrected chi connectivity index (χ1v) is 6.27. The number of ether oxygens (including phenoxy) is 1. The molecule has 17 heavy (non-hydrogen) atoms. The standard InChI is InChI=1S/C14H22N2O/c1-14(2)9-12(7-8-17-14)16-10-11-5-3-4-6-13(11)15/h3-6,12,16H,7-10,15H2,1-2H3. The second-order valence-corrected chi connectivity index (χ2v) is 5.38. The zero-order chi connectivity index (χ0) is 12.3. The van der Waals surface area contributed by atoms with Crippen molar-refractivity contribution < 1.29 is 4.74 Å². The minimum atomic E-state index is -0.00184. The van der Waals surface area contributed by atoms with Gasteiger partial charge in [0.1, 0.15) is 0 Å². The second kappa shape index (κ2) is 5.07. The van der Waals surface area contributed by atoms with Crippen LogP contribution in [0.15, 0.2) is 24.3 Å². The van der Waals surface area contributed by atoms with Gasteiger partial charge in [-0.3, -0.25) is 0 Å². The van der Waals surface area contributed by atoms with Crippen LogP contribution in [0.1, 0.15) is 32.3 Å².